The first kappa shape index (κ1) is 26.7. The summed E-state index contributed by atoms with van der Waals surface area (Å²) < 4.78 is 21.4. The van der Waals surface area contributed by atoms with Gasteiger partial charge in [-0.05, 0) is 51.1 Å². The van der Waals surface area contributed by atoms with Gasteiger partial charge in [0.15, 0.2) is 11.6 Å². The molecule has 38 heavy (non-hydrogen) atoms. The number of rotatable bonds is 8. The van der Waals surface area contributed by atoms with Crippen LogP contribution in [0.4, 0.5) is 10.2 Å². The molecule has 0 radical (unpaired) electrons. The largest absolute Gasteiger partial charge is 0.486 e. The van der Waals surface area contributed by atoms with Crippen LogP contribution in [-0.4, -0.2) is 57.3 Å². The fraction of sp³-hybridized carbons (Fsp3) is 0.393. The number of hydrogen-bond acceptors (Lipinski definition) is 6. The van der Waals surface area contributed by atoms with Gasteiger partial charge >= 0.3 is 0 Å². The second-order valence-electron chi connectivity index (χ2n) is 10.7. The lowest BCUT2D eigenvalue weighted by molar-refractivity contribution is 0.0900. The second-order valence-corrected chi connectivity index (χ2v) is 11.5. The smallest absolute Gasteiger partial charge is 0.166 e. The van der Waals surface area contributed by atoms with E-state index in [0.717, 1.165) is 30.5 Å². The van der Waals surface area contributed by atoms with Gasteiger partial charge in [0.1, 0.15) is 17.5 Å². The van der Waals surface area contributed by atoms with E-state index in [-0.39, 0.29) is 11.4 Å². The molecule has 1 saturated heterocycles. The number of anilines is 1. The number of aromatic nitrogens is 4. The van der Waals surface area contributed by atoms with E-state index in [1.165, 1.54) is 18.5 Å². The third-order valence-corrected chi connectivity index (χ3v) is 7.76. The number of fused-ring (bicyclic) bond motifs is 1. The molecule has 4 heterocycles. The van der Waals surface area contributed by atoms with Gasteiger partial charge in [0, 0.05) is 54.7 Å². The number of nitrogens with one attached hydrogen (secondary N) is 1. The summed E-state index contributed by atoms with van der Waals surface area (Å²) in [5.74, 6) is 1.18. The van der Waals surface area contributed by atoms with Gasteiger partial charge in [0.25, 0.3) is 0 Å². The summed E-state index contributed by atoms with van der Waals surface area (Å²) in [5.41, 5.74) is 2.66. The molecule has 1 atom stereocenters. The minimum absolute atomic E-state index is 0.00765. The molecule has 4 aromatic rings. The van der Waals surface area contributed by atoms with Crippen molar-refractivity contribution in [3.05, 3.63) is 64.3 Å². The molecule has 1 fully saturated rings. The molecule has 3 aromatic heterocycles. The van der Waals surface area contributed by atoms with Crippen molar-refractivity contribution in [3.8, 4) is 17.0 Å². The molecule has 0 unspecified atom stereocenters. The maximum Gasteiger partial charge on any atom is 0.166 e. The van der Waals surface area contributed by atoms with Crippen LogP contribution in [0.25, 0.3) is 22.2 Å². The molecule has 0 bridgehead atoms. The maximum absolute atomic E-state index is 15.3. The van der Waals surface area contributed by atoms with Crippen molar-refractivity contribution >= 4 is 39.9 Å². The first-order valence-electron chi connectivity index (χ1n) is 12.6. The number of nitrogens with zero attached hydrogens (tertiary/aromatic N) is 5. The highest BCUT2D eigenvalue weighted by Crippen LogP contribution is 2.36. The normalized spacial score (nSPS) is 15.8. The van der Waals surface area contributed by atoms with E-state index in [1.54, 1.807) is 6.20 Å². The molecule has 0 spiro atoms. The zero-order valence-corrected chi connectivity index (χ0v) is 23.6. The highest BCUT2D eigenvalue weighted by atomic mass is 35.5. The van der Waals surface area contributed by atoms with Crippen molar-refractivity contribution in [3.63, 3.8) is 0 Å². The molecule has 0 aliphatic carbocycles. The minimum atomic E-state index is -0.411. The molecule has 10 heteroatoms. The predicted octanol–water partition coefficient (Wildman–Crippen LogP) is 6.77. The highest BCUT2D eigenvalue weighted by Gasteiger charge is 2.43. The summed E-state index contributed by atoms with van der Waals surface area (Å²) in [6.45, 7) is 11.0. The van der Waals surface area contributed by atoms with Gasteiger partial charge in [-0.25, -0.2) is 9.37 Å². The topological polar surface area (TPSA) is 70.2 Å². The van der Waals surface area contributed by atoms with Crippen LogP contribution >= 0.6 is 23.2 Å². The standard InChI is InChI=1S/C28H31Cl2FN6O/c1-16(2)13-36(5)28(4)14-37(15-28)27-23(31)8-18(10-33-27)26-20-9-19(6-7-24(20)34-35-26)38-17(3)25-21(29)11-32-12-22(25)30/h6-12,16-17H,13-15H2,1-5H3,(H,34,35)/t17-/m1/s1. The van der Waals surface area contributed by atoms with Crippen LogP contribution in [0.5, 0.6) is 5.75 Å². The van der Waals surface area contributed by atoms with E-state index < -0.39 is 6.10 Å². The fourth-order valence-electron chi connectivity index (χ4n) is 5.09. The minimum Gasteiger partial charge on any atom is -0.486 e. The van der Waals surface area contributed by atoms with Crippen LogP contribution in [0.3, 0.4) is 0 Å². The summed E-state index contributed by atoms with van der Waals surface area (Å²) in [5, 5.41) is 9.12. The van der Waals surface area contributed by atoms with Crippen LogP contribution < -0.4 is 9.64 Å². The lowest BCUT2D eigenvalue weighted by Gasteiger charge is -2.54. The van der Waals surface area contributed by atoms with Gasteiger partial charge in [0.2, 0.25) is 0 Å². The molecular weight excluding hydrogens is 526 g/mol. The Balaban J connectivity index is 1.36. The van der Waals surface area contributed by atoms with Crippen LogP contribution in [-0.2, 0) is 0 Å². The number of benzene rings is 1. The third-order valence-electron chi connectivity index (χ3n) is 7.16. The summed E-state index contributed by atoms with van der Waals surface area (Å²) >= 11 is 12.6. The Kier molecular flexibility index (Phi) is 7.24. The average Bonchev–Trinajstić information content (AvgIpc) is 3.25. The number of ether oxygens (including phenoxy) is 1. The van der Waals surface area contributed by atoms with Crippen LogP contribution in [0.1, 0.15) is 39.4 Å². The molecule has 200 valence electrons. The summed E-state index contributed by atoms with van der Waals surface area (Å²) in [4.78, 5) is 12.8. The van der Waals surface area contributed by atoms with Gasteiger partial charge in [-0.15, -0.1) is 0 Å². The Bertz CT molecular complexity index is 1450. The lowest BCUT2D eigenvalue weighted by Crippen LogP contribution is -2.68. The Morgan fingerprint density at radius 1 is 1.13 bits per heavy atom. The van der Waals surface area contributed by atoms with E-state index in [9.17, 15) is 0 Å². The van der Waals surface area contributed by atoms with Crippen molar-refractivity contribution in [2.75, 3.05) is 31.6 Å². The Morgan fingerprint density at radius 3 is 2.50 bits per heavy atom. The third kappa shape index (κ3) is 5.05. The van der Waals surface area contributed by atoms with Gasteiger partial charge in [0.05, 0.1) is 21.1 Å². The molecule has 1 aliphatic rings. The zero-order valence-electron chi connectivity index (χ0n) is 22.1. The van der Waals surface area contributed by atoms with Crippen LogP contribution in [0, 0.1) is 11.7 Å². The van der Waals surface area contributed by atoms with Gasteiger partial charge in [-0.3, -0.25) is 15.0 Å². The predicted molar refractivity (Wildman–Crippen MR) is 151 cm³/mol. The van der Waals surface area contributed by atoms with Gasteiger partial charge < -0.3 is 9.64 Å². The quantitative estimate of drug-likeness (QED) is 0.258. The number of aromatic amines is 1. The van der Waals surface area contributed by atoms with Crippen molar-refractivity contribution in [2.24, 2.45) is 5.92 Å². The van der Waals surface area contributed by atoms with Crippen molar-refractivity contribution in [1.82, 2.24) is 25.1 Å². The first-order chi connectivity index (χ1) is 18.1. The molecule has 0 amide bonds. The van der Waals surface area contributed by atoms with E-state index >= 15 is 4.39 Å². The number of hydrogen-bond donors (Lipinski definition) is 1. The molecule has 0 saturated carbocycles. The maximum atomic E-state index is 15.3. The van der Waals surface area contributed by atoms with Crippen LogP contribution in [0.2, 0.25) is 10.0 Å². The Labute approximate surface area is 231 Å². The van der Waals surface area contributed by atoms with E-state index in [2.05, 4.69) is 52.9 Å². The SMILES string of the molecule is CC(C)CN(C)C1(C)CN(c2ncc(-c3n[nH]c4ccc(O[C@H](C)c5c(Cl)cncc5Cl)cc34)cc2F)C1. The van der Waals surface area contributed by atoms with E-state index in [1.807, 2.05) is 30.0 Å². The average molecular weight is 558 g/mol. The Hall–Kier alpha value is -2.94. The summed E-state index contributed by atoms with van der Waals surface area (Å²) in [6, 6.07) is 7.07. The molecule has 1 N–H and O–H groups in total. The van der Waals surface area contributed by atoms with Crippen molar-refractivity contribution in [2.45, 2.75) is 39.3 Å². The number of H-pyrrole nitrogens is 1. The second kappa shape index (κ2) is 10.3. The van der Waals surface area contributed by atoms with Gasteiger partial charge in [-0.1, -0.05) is 37.0 Å². The van der Waals surface area contributed by atoms with Gasteiger partial charge in [-0.2, -0.15) is 5.10 Å². The fourth-order valence-corrected chi connectivity index (χ4v) is 5.76. The number of likely N-dealkylation sites (N-methyl/N-ethyl adjacent to an activating group) is 1. The Morgan fingerprint density at radius 2 is 1.84 bits per heavy atom. The van der Waals surface area contributed by atoms with Crippen molar-refractivity contribution < 1.29 is 9.13 Å². The van der Waals surface area contributed by atoms with Crippen molar-refractivity contribution in [1.29, 1.82) is 0 Å². The van der Waals surface area contributed by atoms with E-state index in [4.69, 9.17) is 27.9 Å². The molecule has 7 nitrogen and oxygen atoms in total. The summed E-state index contributed by atoms with van der Waals surface area (Å²) in [6.07, 6.45) is 4.34. The van der Waals surface area contributed by atoms with E-state index in [0.29, 0.717) is 44.4 Å². The number of pyridine rings is 2. The molecule has 5 rings (SSSR count). The molecule has 1 aliphatic heterocycles. The van der Waals surface area contributed by atoms with Crippen LogP contribution in [0.15, 0.2) is 42.9 Å². The number of halogens is 3. The monoisotopic (exact) mass is 556 g/mol. The lowest BCUT2D eigenvalue weighted by atomic mass is 9.89. The highest BCUT2D eigenvalue weighted by molar-refractivity contribution is 6.35. The first-order valence-corrected chi connectivity index (χ1v) is 13.4. The summed E-state index contributed by atoms with van der Waals surface area (Å²) in [7, 11) is 2.13. The zero-order chi connectivity index (χ0) is 27.2. The molecule has 1 aromatic carbocycles. The molecular formula is C28H31Cl2FN6O.